The molecule has 2 rings (SSSR count). The topological polar surface area (TPSA) is 79.9 Å². The molecule has 1 saturated heterocycles. The zero-order valence-corrected chi connectivity index (χ0v) is 18.1. The van der Waals surface area contributed by atoms with Gasteiger partial charge in [0.15, 0.2) is 11.5 Å². The molecule has 2 N–H and O–H groups in total. The number of methoxy groups -OCH3 is 2. The molecule has 2 atom stereocenters. The molecule has 2 unspecified atom stereocenters. The van der Waals surface area contributed by atoms with Crippen molar-refractivity contribution in [1.29, 1.82) is 0 Å². The van der Waals surface area contributed by atoms with Crippen LogP contribution in [-0.2, 0) is 4.79 Å². The number of rotatable bonds is 7. The minimum absolute atomic E-state index is 0. The summed E-state index contributed by atoms with van der Waals surface area (Å²) in [6.45, 7) is 4.70. The number of ether oxygens (including phenoxy) is 2. The summed E-state index contributed by atoms with van der Waals surface area (Å²) in [7, 11) is 4.85. The predicted molar refractivity (Wildman–Crippen MR) is 113 cm³/mol. The fraction of sp³-hybridized carbons (Fsp3) is 0.600. The van der Waals surface area contributed by atoms with Gasteiger partial charge in [0, 0.05) is 31.1 Å². The molecular formula is C20H32ClN3O4. The molecule has 1 aromatic carbocycles. The number of amides is 2. The second kappa shape index (κ2) is 11.1. The summed E-state index contributed by atoms with van der Waals surface area (Å²) in [5.74, 6) is 0.675. The number of hydrogen-bond donors (Lipinski definition) is 2. The van der Waals surface area contributed by atoms with E-state index in [4.69, 9.17) is 9.47 Å². The van der Waals surface area contributed by atoms with Crippen molar-refractivity contribution in [2.45, 2.75) is 51.6 Å². The third kappa shape index (κ3) is 5.52. The van der Waals surface area contributed by atoms with Crippen LogP contribution in [0.5, 0.6) is 11.5 Å². The molecule has 1 fully saturated rings. The van der Waals surface area contributed by atoms with Crippen molar-refractivity contribution < 1.29 is 19.1 Å². The van der Waals surface area contributed by atoms with Crippen LogP contribution in [0.3, 0.4) is 0 Å². The Bertz CT molecular complexity index is 674. The molecule has 0 saturated carbocycles. The van der Waals surface area contributed by atoms with E-state index in [9.17, 15) is 9.59 Å². The Morgan fingerprint density at radius 2 is 1.68 bits per heavy atom. The van der Waals surface area contributed by atoms with E-state index in [0.717, 1.165) is 19.3 Å². The summed E-state index contributed by atoms with van der Waals surface area (Å²) >= 11 is 0. The molecule has 1 aliphatic heterocycles. The van der Waals surface area contributed by atoms with Crippen molar-refractivity contribution >= 4 is 29.9 Å². The normalized spacial score (nSPS) is 18.8. The average molecular weight is 414 g/mol. The van der Waals surface area contributed by atoms with Crippen LogP contribution in [0.2, 0.25) is 0 Å². The van der Waals surface area contributed by atoms with Crippen LogP contribution in [-0.4, -0.2) is 56.6 Å². The molecule has 0 radical (unpaired) electrons. The van der Waals surface area contributed by atoms with Crippen molar-refractivity contribution in [1.82, 2.24) is 10.2 Å². The second-order valence-electron chi connectivity index (χ2n) is 7.00. The number of hydrogen-bond acceptors (Lipinski definition) is 5. The number of nitrogens with zero attached hydrogens (tertiary/aromatic N) is 1. The molecule has 0 aromatic heterocycles. The summed E-state index contributed by atoms with van der Waals surface area (Å²) in [4.78, 5) is 27.5. The number of halogens is 1. The number of carbonyl (C=O) groups excluding carboxylic acids is 2. The zero-order valence-electron chi connectivity index (χ0n) is 17.3. The SMILES string of the molecule is CNCCC(=O)Nc1cc(OC)c(OC)cc1C(=O)N1C(C)CCCC1C.Cl. The van der Waals surface area contributed by atoms with Gasteiger partial charge in [-0.2, -0.15) is 0 Å². The lowest BCUT2D eigenvalue weighted by Gasteiger charge is -2.39. The average Bonchev–Trinajstić information content (AvgIpc) is 2.65. The first-order valence-electron chi connectivity index (χ1n) is 9.46. The smallest absolute Gasteiger partial charge is 0.256 e. The minimum atomic E-state index is -0.162. The molecule has 0 spiro atoms. The Balaban J connectivity index is 0.00000392. The van der Waals surface area contributed by atoms with E-state index in [0.29, 0.717) is 35.7 Å². The van der Waals surface area contributed by atoms with E-state index in [1.54, 1.807) is 19.2 Å². The van der Waals surface area contributed by atoms with Gasteiger partial charge < -0.3 is 25.0 Å². The van der Waals surface area contributed by atoms with Gasteiger partial charge in [-0.1, -0.05) is 0 Å². The van der Waals surface area contributed by atoms with Crippen molar-refractivity contribution in [3.05, 3.63) is 17.7 Å². The largest absolute Gasteiger partial charge is 0.493 e. The molecule has 2 amide bonds. The van der Waals surface area contributed by atoms with Gasteiger partial charge in [-0.3, -0.25) is 9.59 Å². The molecule has 1 heterocycles. The maximum atomic E-state index is 13.4. The first-order valence-corrected chi connectivity index (χ1v) is 9.46. The predicted octanol–water partition coefficient (Wildman–Crippen LogP) is 3.08. The standard InChI is InChI=1S/C20H31N3O4.ClH/c1-13-7-6-8-14(2)23(13)20(25)15-11-17(26-4)18(27-5)12-16(15)22-19(24)9-10-21-3;/h11-14,21H,6-10H2,1-5H3,(H,22,24);1H. The van der Waals surface area contributed by atoms with Crippen LogP contribution in [0.1, 0.15) is 49.9 Å². The Hall–Kier alpha value is -1.99. The van der Waals surface area contributed by atoms with Crippen molar-refractivity contribution in [2.75, 3.05) is 33.1 Å². The summed E-state index contributed by atoms with van der Waals surface area (Å²) in [5.41, 5.74) is 0.870. The zero-order chi connectivity index (χ0) is 20.0. The summed E-state index contributed by atoms with van der Waals surface area (Å²) < 4.78 is 10.7. The third-order valence-electron chi connectivity index (χ3n) is 5.06. The van der Waals surface area contributed by atoms with Crippen LogP contribution in [0, 0.1) is 0 Å². The highest BCUT2D eigenvalue weighted by Crippen LogP contribution is 2.35. The van der Waals surface area contributed by atoms with E-state index in [-0.39, 0.29) is 36.3 Å². The van der Waals surface area contributed by atoms with E-state index in [1.807, 2.05) is 4.90 Å². The Morgan fingerprint density at radius 1 is 1.11 bits per heavy atom. The minimum Gasteiger partial charge on any atom is -0.493 e. The molecule has 0 bridgehead atoms. The highest BCUT2D eigenvalue weighted by Gasteiger charge is 2.31. The van der Waals surface area contributed by atoms with E-state index in [2.05, 4.69) is 24.5 Å². The van der Waals surface area contributed by atoms with Crippen molar-refractivity contribution in [2.24, 2.45) is 0 Å². The number of carbonyl (C=O) groups is 2. The Kier molecular flexibility index (Phi) is 9.55. The van der Waals surface area contributed by atoms with Crippen LogP contribution in [0.15, 0.2) is 12.1 Å². The van der Waals surface area contributed by atoms with Crippen LogP contribution >= 0.6 is 12.4 Å². The van der Waals surface area contributed by atoms with Crippen LogP contribution in [0.4, 0.5) is 5.69 Å². The lowest BCUT2D eigenvalue weighted by Crippen LogP contribution is -2.47. The molecular weight excluding hydrogens is 382 g/mol. The number of anilines is 1. The highest BCUT2D eigenvalue weighted by molar-refractivity contribution is 6.05. The van der Waals surface area contributed by atoms with Crippen LogP contribution in [0.25, 0.3) is 0 Å². The number of nitrogens with one attached hydrogen (secondary N) is 2. The van der Waals surface area contributed by atoms with Gasteiger partial charge in [0.05, 0.1) is 25.5 Å². The lowest BCUT2D eigenvalue weighted by atomic mass is 9.96. The van der Waals surface area contributed by atoms with Gasteiger partial charge >= 0.3 is 0 Å². The first-order chi connectivity index (χ1) is 12.9. The number of piperidine rings is 1. The Morgan fingerprint density at radius 3 is 2.21 bits per heavy atom. The molecule has 0 aliphatic carbocycles. The Labute approximate surface area is 173 Å². The van der Waals surface area contributed by atoms with Gasteiger partial charge in [-0.25, -0.2) is 0 Å². The summed E-state index contributed by atoms with van der Waals surface area (Å²) in [5, 5.41) is 5.80. The van der Waals surface area contributed by atoms with Gasteiger partial charge in [-0.15, -0.1) is 12.4 Å². The molecule has 8 heteroatoms. The molecule has 1 aromatic rings. The van der Waals surface area contributed by atoms with E-state index >= 15 is 0 Å². The number of benzene rings is 1. The van der Waals surface area contributed by atoms with Gasteiger partial charge in [0.2, 0.25) is 5.91 Å². The van der Waals surface area contributed by atoms with Gasteiger partial charge in [-0.05, 0) is 46.2 Å². The van der Waals surface area contributed by atoms with Gasteiger partial charge in [0.1, 0.15) is 0 Å². The molecule has 158 valence electrons. The fourth-order valence-corrected chi connectivity index (χ4v) is 3.57. The number of likely N-dealkylation sites (tertiary alicyclic amines) is 1. The highest BCUT2D eigenvalue weighted by atomic mass is 35.5. The molecule has 1 aliphatic rings. The van der Waals surface area contributed by atoms with Crippen molar-refractivity contribution in [3.63, 3.8) is 0 Å². The summed E-state index contributed by atoms with van der Waals surface area (Å²) in [6, 6.07) is 3.62. The quantitative estimate of drug-likeness (QED) is 0.718. The fourth-order valence-electron chi connectivity index (χ4n) is 3.57. The van der Waals surface area contributed by atoms with E-state index in [1.165, 1.54) is 14.2 Å². The molecule has 7 nitrogen and oxygen atoms in total. The third-order valence-corrected chi connectivity index (χ3v) is 5.06. The summed E-state index contributed by atoms with van der Waals surface area (Å²) in [6.07, 6.45) is 3.39. The molecule has 28 heavy (non-hydrogen) atoms. The first kappa shape index (κ1) is 24.0. The van der Waals surface area contributed by atoms with Crippen molar-refractivity contribution in [3.8, 4) is 11.5 Å². The van der Waals surface area contributed by atoms with Crippen LogP contribution < -0.4 is 20.1 Å². The second-order valence-corrected chi connectivity index (χ2v) is 7.00. The lowest BCUT2D eigenvalue weighted by molar-refractivity contribution is -0.116. The van der Waals surface area contributed by atoms with Gasteiger partial charge in [0.25, 0.3) is 5.91 Å². The monoisotopic (exact) mass is 413 g/mol. The maximum absolute atomic E-state index is 13.4. The van der Waals surface area contributed by atoms with E-state index < -0.39 is 0 Å². The maximum Gasteiger partial charge on any atom is 0.256 e.